The van der Waals surface area contributed by atoms with E-state index >= 15 is 0 Å². The topological polar surface area (TPSA) is 48.1 Å². The molecule has 0 radical (unpaired) electrons. The van der Waals surface area contributed by atoms with Crippen molar-refractivity contribution in [3.05, 3.63) is 71.3 Å². The zero-order valence-electron chi connectivity index (χ0n) is 16.2. The summed E-state index contributed by atoms with van der Waals surface area (Å²) in [6.07, 6.45) is 1.89. The number of piperazine rings is 1. The van der Waals surface area contributed by atoms with Gasteiger partial charge in [-0.15, -0.1) is 0 Å². The molecule has 1 saturated heterocycles. The Hall–Kier alpha value is -2.50. The van der Waals surface area contributed by atoms with Gasteiger partial charge < -0.3 is 4.98 Å². The summed E-state index contributed by atoms with van der Waals surface area (Å²) in [4.78, 5) is 17.8. The van der Waals surface area contributed by atoms with E-state index in [0.29, 0.717) is 0 Å². The van der Waals surface area contributed by atoms with Crippen LogP contribution < -0.4 is 0 Å². The summed E-state index contributed by atoms with van der Waals surface area (Å²) in [5.41, 5.74) is 5.94. The van der Waals surface area contributed by atoms with Gasteiger partial charge in [0.1, 0.15) is 5.82 Å². The van der Waals surface area contributed by atoms with Crippen molar-refractivity contribution in [2.75, 3.05) is 26.2 Å². The van der Waals surface area contributed by atoms with Gasteiger partial charge in [0.05, 0.1) is 11.4 Å². The molecule has 1 fully saturated rings. The minimum absolute atomic E-state index is 0.908. The fraction of sp³-hybridized carbons (Fsp3) is 0.364. The van der Waals surface area contributed by atoms with Gasteiger partial charge in [-0.25, -0.2) is 4.98 Å². The summed E-state index contributed by atoms with van der Waals surface area (Å²) < 4.78 is 0. The van der Waals surface area contributed by atoms with E-state index in [9.17, 15) is 0 Å². The molecule has 3 heterocycles. The Morgan fingerprint density at radius 2 is 1.52 bits per heavy atom. The van der Waals surface area contributed by atoms with Crippen molar-refractivity contribution in [1.82, 2.24) is 24.8 Å². The number of imidazole rings is 1. The Bertz CT molecular complexity index is 879. The van der Waals surface area contributed by atoms with Gasteiger partial charge in [-0.1, -0.05) is 36.4 Å². The molecule has 0 saturated carbocycles. The zero-order valence-corrected chi connectivity index (χ0v) is 16.2. The van der Waals surface area contributed by atoms with E-state index in [1.54, 1.807) is 0 Å². The van der Waals surface area contributed by atoms with Crippen LogP contribution in [0, 0.1) is 13.8 Å². The smallest absolute Gasteiger partial charge is 0.137 e. The van der Waals surface area contributed by atoms with Crippen LogP contribution in [0.2, 0.25) is 0 Å². The third-order valence-corrected chi connectivity index (χ3v) is 5.36. The largest absolute Gasteiger partial charge is 0.342 e. The standard InChI is InChI=1S/C22H27N5/c1-17-7-6-10-23-20(17)15-26-11-13-27(14-12-26)16-21-18(2)24-22(25-21)19-8-4-3-5-9-19/h3-10H,11-16H2,1-2H3,(H,24,25). The number of pyridine rings is 1. The molecule has 5 heteroatoms. The maximum atomic E-state index is 4.85. The van der Waals surface area contributed by atoms with Gasteiger partial charge in [0.2, 0.25) is 0 Å². The highest BCUT2D eigenvalue weighted by Gasteiger charge is 2.20. The van der Waals surface area contributed by atoms with Crippen LogP contribution in [0.15, 0.2) is 48.7 Å². The van der Waals surface area contributed by atoms with Crippen LogP contribution in [0.1, 0.15) is 22.6 Å². The van der Waals surface area contributed by atoms with Crippen molar-refractivity contribution in [3.8, 4) is 11.4 Å². The second-order valence-electron chi connectivity index (χ2n) is 7.34. The number of rotatable bonds is 5. The zero-order chi connectivity index (χ0) is 18.6. The van der Waals surface area contributed by atoms with E-state index in [1.807, 2.05) is 18.3 Å². The van der Waals surface area contributed by atoms with Crippen LogP contribution in [0.5, 0.6) is 0 Å². The predicted octanol–water partition coefficient (Wildman–Crippen LogP) is 3.41. The first-order chi connectivity index (χ1) is 13.2. The highest BCUT2D eigenvalue weighted by atomic mass is 15.3. The average molecular weight is 361 g/mol. The van der Waals surface area contributed by atoms with Crippen molar-refractivity contribution in [2.24, 2.45) is 0 Å². The molecule has 3 aromatic rings. The lowest BCUT2D eigenvalue weighted by molar-refractivity contribution is 0.120. The summed E-state index contributed by atoms with van der Waals surface area (Å²) in [5, 5.41) is 0. The van der Waals surface area contributed by atoms with Gasteiger partial charge in [0.25, 0.3) is 0 Å². The normalized spacial score (nSPS) is 15.9. The molecule has 140 valence electrons. The van der Waals surface area contributed by atoms with Crippen LogP contribution in [-0.2, 0) is 13.1 Å². The summed E-state index contributed by atoms with van der Waals surface area (Å²) >= 11 is 0. The van der Waals surface area contributed by atoms with E-state index < -0.39 is 0 Å². The van der Waals surface area contributed by atoms with Crippen LogP contribution in [-0.4, -0.2) is 50.9 Å². The first-order valence-electron chi connectivity index (χ1n) is 9.65. The maximum Gasteiger partial charge on any atom is 0.137 e. The van der Waals surface area contributed by atoms with E-state index in [0.717, 1.165) is 56.4 Å². The molecule has 4 rings (SSSR count). The average Bonchev–Trinajstić information content (AvgIpc) is 3.06. The van der Waals surface area contributed by atoms with Crippen LogP contribution >= 0.6 is 0 Å². The van der Waals surface area contributed by atoms with Gasteiger partial charge in [-0.05, 0) is 25.5 Å². The Morgan fingerprint density at radius 1 is 0.852 bits per heavy atom. The minimum Gasteiger partial charge on any atom is -0.342 e. The fourth-order valence-corrected chi connectivity index (χ4v) is 3.60. The number of nitrogens with one attached hydrogen (secondary N) is 1. The predicted molar refractivity (Wildman–Crippen MR) is 108 cm³/mol. The first-order valence-corrected chi connectivity index (χ1v) is 9.65. The van der Waals surface area contributed by atoms with E-state index in [-0.39, 0.29) is 0 Å². The molecule has 1 aliphatic rings. The Kier molecular flexibility index (Phi) is 5.32. The summed E-state index contributed by atoms with van der Waals surface area (Å²) in [7, 11) is 0. The number of aromatic nitrogens is 3. The van der Waals surface area contributed by atoms with Crippen molar-refractivity contribution in [1.29, 1.82) is 0 Å². The second-order valence-corrected chi connectivity index (χ2v) is 7.34. The minimum atomic E-state index is 0.908. The molecular formula is C22H27N5. The molecule has 1 aliphatic heterocycles. The van der Waals surface area contributed by atoms with Gasteiger partial charge >= 0.3 is 0 Å². The highest BCUT2D eigenvalue weighted by molar-refractivity contribution is 5.55. The molecule has 1 N–H and O–H groups in total. The number of aryl methyl sites for hydroxylation is 2. The number of hydrogen-bond acceptors (Lipinski definition) is 4. The molecule has 0 spiro atoms. The Balaban J connectivity index is 1.34. The maximum absolute atomic E-state index is 4.85. The monoisotopic (exact) mass is 361 g/mol. The first kappa shape index (κ1) is 17.9. The summed E-state index contributed by atoms with van der Waals surface area (Å²) in [5.74, 6) is 0.965. The molecule has 5 nitrogen and oxygen atoms in total. The lowest BCUT2D eigenvalue weighted by Crippen LogP contribution is -2.45. The number of aromatic amines is 1. The number of H-pyrrole nitrogens is 1. The van der Waals surface area contributed by atoms with Crippen molar-refractivity contribution >= 4 is 0 Å². The van der Waals surface area contributed by atoms with Crippen molar-refractivity contribution in [2.45, 2.75) is 26.9 Å². The fourth-order valence-electron chi connectivity index (χ4n) is 3.60. The quantitative estimate of drug-likeness (QED) is 0.757. The SMILES string of the molecule is Cc1cccnc1CN1CCN(Cc2nc(-c3ccccc3)[nH]c2C)CC1. The lowest BCUT2D eigenvalue weighted by atomic mass is 10.2. The van der Waals surface area contributed by atoms with Gasteiger partial charge in [0, 0.05) is 56.7 Å². The lowest BCUT2D eigenvalue weighted by Gasteiger charge is -2.34. The van der Waals surface area contributed by atoms with Crippen molar-refractivity contribution in [3.63, 3.8) is 0 Å². The van der Waals surface area contributed by atoms with E-state index in [4.69, 9.17) is 4.98 Å². The molecule has 2 aromatic heterocycles. The third-order valence-electron chi connectivity index (χ3n) is 5.36. The molecule has 0 atom stereocenters. The molecule has 0 aliphatic carbocycles. The van der Waals surface area contributed by atoms with E-state index in [2.05, 4.69) is 63.9 Å². The number of benzene rings is 1. The van der Waals surface area contributed by atoms with Gasteiger partial charge in [-0.3, -0.25) is 14.8 Å². The third kappa shape index (κ3) is 4.26. The highest BCUT2D eigenvalue weighted by Crippen LogP contribution is 2.19. The van der Waals surface area contributed by atoms with Gasteiger partial charge in [-0.2, -0.15) is 0 Å². The Labute approximate surface area is 161 Å². The molecule has 0 bridgehead atoms. The van der Waals surface area contributed by atoms with Gasteiger partial charge in [0.15, 0.2) is 0 Å². The molecule has 27 heavy (non-hydrogen) atoms. The second kappa shape index (κ2) is 8.03. The molecule has 1 aromatic carbocycles. The molecular weight excluding hydrogens is 334 g/mol. The Morgan fingerprint density at radius 3 is 2.19 bits per heavy atom. The molecule has 0 amide bonds. The van der Waals surface area contributed by atoms with Crippen LogP contribution in [0.3, 0.4) is 0 Å². The molecule has 0 unspecified atom stereocenters. The van der Waals surface area contributed by atoms with Crippen LogP contribution in [0.25, 0.3) is 11.4 Å². The number of hydrogen-bond donors (Lipinski definition) is 1. The van der Waals surface area contributed by atoms with E-state index in [1.165, 1.54) is 17.0 Å². The summed E-state index contributed by atoms with van der Waals surface area (Å²) in [6.45, 7) is 10.4. The van der Waals surface area contributed by atoms with Crippen molar-refractivity contribution < 1.29 is 0 Å². The number of nitrogens with zero attached hydrogens (tertiary/aromatic N) is 4. The van der Waals surface area contributed by atoms with Crippen LogP contribution in [0.4, 0.5) is 0 Å². The summed E-state index contributed by atoms with van der Waals surface area (Å²) in [6, 6.07) is 14.5.